The lowest BCUT2D eigenvalue weighted by Gasteiger charge is -2.09. The Morgan fingerprint density at radius 1 is 0.952 bits per heavy atom. The SMILES string of the molecule is NC(=Nc1cccc(Oc2ccccc2)c1)C1CCCC1. The van der Waals surface area contributed by atoms with Crippen LogP contribution in [-0.2, 0) is 0 Å². The third-order valence-electron chi connectivity index (χ3n) is 3.83. The van der Waals surface area contributed by atoms with E-state index in [9.17, 15) is 0 Å². The molecule has 1 aliphatic carbocycles. The topological polar surface area (TPSA) is 47.6 Å². The Hall–Kier alpha value is -2.29. The van der Waals surface area contributed by atoms with Crippen molar-refractivity contribution in [3.05, 3.63) is 54.6 Å². The number of amidine groups is 1. The highest BCUT2D eigenvalue weighted by Crippen LogP contribution is 2.28. The lowest BCUT2D eigenvalue weighted by molar-refractivity contribution is 0.483. The maximum atomic E-state index is 6.12. The Labute approximate surface area is 125 Å². The first kappa shape index (κ1) is 13.7. The van der Waals surface area contributed by atoms with Crippen LogP contribution in [-0.4, -0.2) is 5.84 Å². The molecule has 3 nitrogen and oxygen atoms in total. The minimum Gasteiger partial charge on any atom is -0.457 e. The Morgan fingerprint density at radius 2 is 1.67 bits per heavy atom. The number of nitrogens with two attached hydrogens (primary N) is 1. The molecule has 0 amide bonds. The maximum Gasteiger partial charge on any atom is 0.129 e. The molecule has 0 radical (unpaired) electrons. The summed E-state index contributed by atoms with van der Waals surface area (Å²) in [5.74, 6) is 2.80. The van der Waals surface area contributed by atoms with Crippen molar-refractivity contribution in [1.82, 2.24) is 0 Å². The number of benzene rings is 2. The summed E-state index contributed by atoms with van der Waals surface area (Å²) in [6, 6.07) is 17.5. The molecule has 1 aliphatic rings. The number of hydrogen-bond donors (Lipinski definition) is 1. The van der Waals surface area contributed by atoms with Crippen molar-refractivity contribution < 1.29 is 4.74 Å². The van der Waals surface area contributed by atoms with E-state index in [4.69, 9.17) is 10.5 Å². The smallest absolute Gasteiger partial charge is 0.129 e. The van der Waals surface area contributed by atoms with E-state index < -0.39 is 0 Å². The van der Waals surface area contributed by atoms with Crippen molar-refractivity contribution in [1.29, 1.82) is 0 Å². The van der Waals surface area contributed by atoms with Gasteiger partial charge in [0, 0.05) is 12.0 Å². The lowest BCUT2D eigenvalue weighted by Crippen LogP contribution is -2.20. The van der Waals surface area contributed by atoms with E-state index >= 15 is 0 Å². The van der Waals surface area contributed by atoms with Crippen molar-refractivity contribution in [3.63, 3.8) is 0 Å². The summed E-state index contributed by atoms with van der Waals surface area (Å²) < 4.78 is 5.82. The molecule has 0 heterocycles. The molecule has 108 valence electrons. The maximum absolute atomic E-state index is 6.12. The molecule has 0 aliphatic heterocycles. The van der Waals surface area contributed by atoms with Gasteiger partial charge in [-0.1, -0.05) is 37.1 Å². The summed E-state index contributed by atoms with van der Waals surface area (Å²) >= 11 is 0. The molecule has 0 saturated heterocycles. The normalized spacial score (nSPS) is 16.1. The van der Waals surface area contributed by atoms with E-state index in [-0.39, 0.29) is 0 Å². The van der Waals surface area contributed by atoms with E-state index in [0.717, 1.165) is 35.9 Å². The average Bonchev–Trinajstić information content (AvgIpc) is 3.03. The fourth-order valence-corrected chi connectivity index (χ4v) is 2.70. The summed E-state index contributed by atoms with van der Waals surface area (Å²) in [5.41, 5.74) is 6.98. The average molecular weight is 280 g/mol. The van der Waals surface area contributed by atoms with Crippen LogP contribution < -0.4 is 10.5 Å². The van der Waals surface area contributed by atoms with Gasteiger partial charge in [0.2, 0.25) is 0 Å². The summed E-state index contributed by atoms with van der Waals surface area (Å²) in [7, 11) is 0. The Balaban J connectivity index is 1.75. The number of para-hydroxylation sites is 1. The number of aliphatic imine (C=N–C) groups is 1. The van der Waals surface area contributed by atoms with Gasteiger partial charge in [-0.2, -0.15) is 0 Å². The zero-order chi connectivity index (χ0) is 14.5. The van der Waals surface area contributed by atoms with Crippen molar-refractivity contribution in [2.45, 2.75) is 25.7 Å². The van der Waals surface area contributed by atoms with Crippen LogP contribution in [0.2, 0.25) is 0 Å². The molecule has 0 bridgehead atoms. The molecule has 2 N–H and O–H groups in total. The highest BCUT2D eigenvalue weighted by Gasteiger charge is 2.18. The first-order valence-corrected chi connectivity index (χ1v) is 7.48. The molecule has 2 aromatic carbocycles. The van der Waals surface area contributed by atoms with E-state index in [0.29, 0.717) is 5.92 Å². The molecule has 2 aromatic rings. The molecule has 3 heteroatoms. The predicted molar refractivity (Wildman–Crippen MR) is 86.2 cm³/mol. The fourth-order valence-electron chi connectivity index (χ4n) is 2.70. The molecule has 1 saturated carbocycles. The van der Waals surface area contributed by atoms with Gasteiger partial charge >= 0.3 is 0 Å². The van der Waals surface area contributed by atoms with Crippen LogP contribution in [0.1, 0.15) is 25.7 Å². The Morgan fingerprint density at radius 3 is 2.43 bits per heavy atom. The van der Waals surface area contributed by atoms with E-state index in [1.54, 1.807) is 0 Å². The van der Waals surface area contributed by atoms with Crippen molar-refractivity contribution in [3.8, 4) is 11.5 Å². The Bertz CT molecular complexity index is 616. The number of rotatable bonds is 4. The van der Waals surface area contributed by atoms with Gasteiger partial charge in [0.15, 0.2) is 0 Å². The molecule has 0 atom stereocenters. The molecule has 1 fully saturated rings. The van der Waals surface area contributed by atoms with Gasteiger partial charge in [0.25, 0.3) is 0 Å². The highest BCUT2D eigenvalue weighted by molar-refractivity contribution is 5.85. The largest absolute Gasteiger partial charge is 0.457 e. The molecular formula is C18H20N2O. The quantitative estimate of drug-likeness (QED) is 0.654. The third kappa shape index (κ3) is 3.63. The van der Waals surface area contributed by atoms with Crippen LogP contribution in [0, 0.1) is 5.92 Å². The molecule has 21 heavy (non-hydrogen) atoms. The molecule has 0 aromatic heterocycles. The van der Waals surface area contributed by atoms with Gasteiger partial charge < -0.3 is 10.5 Å². The van der Waals surface area contributed by atoms with Gasteiger partial charge in [0.05, 0.1) is 5.69 Å². The highest BCUT2D eigenvalue weighted by atomic mass is 16.5. The van der Waals surface area contributed by atoms with Crippen LogP contribution in [0.15, 0.2) is 59.6 Å². The van der Waals surface area contributed by atoms with Crippen LogP contribution in [0.25, 0.3) is 0 Å². The fraction of sp³-hybridized carbons (Fsp3) is 0.278. The number of ether oxygens (including phenoxy) is 1. The van der Waals surface area contributed by atoms with E-state index in [1.807, 2.05) is 54.6 Å². The van der Waals surface area contributed by atoms with Crippen LogP contribution in [0.3, 0.4) is 0 Å². The second-order valence-corrected chi connectivity index (χ2v) is 5.43. The van der Waals surface area contributed by atoms with Gasteiger partial charge in [-0.15, -0.1) is 0 Å². The van der Waals surface area contributed by atoms with Crippen LogP contribution in [0.4, 0.5) is 5.69 Å². The summed E-state index contributed by atoms with van der Waals surface area (Å²) in [4.78, 5) is 4.56. The van der Waals surface area contributed by atoms with Crippen LogP contribution in [0.5, 0.6) is 11.5 Å². The predicted octanol–water partition coefficient (Wildman–Crippen LogP) is 4.66. The molecular weight excluding hydrogens is 260 g/mol. The minimum atomic E-state index is 0.448. The molecule has 3 rings (SSSR count). The van der Waals surface area contributed by atoms with Gasteiger partial charge in [-0.25, -0.2) is 4.99 Å². The van der Waals surface area contributed by atoms with Crippen molar-refractivity contribution in [2.24, 2.45) is 16.6 Å². The van der Waals surface area contributed by atoms with Gasteiger partial charge in [0.1, 0.15) is 17.3 Å². The summed E-state index contributed by atoms with van der Waals surface area (Å²) in [6.45, 7) is 0. The second-order valence-electron chi connectivity index (χ2n) is 5.43. The number of nitrogens with zero attached hydrogens (tertiary/aromatic N) is 1. The third-order valence-corrected chi connectivity index (χ3v) is 3.83. The van der Waals surface area contributed by atoms with Crippen molar-refractivity contribution >= 4 is 11.5 Å². The van der Waals surface area contributed by atoms with Crippen molar-refractivity contribution in [2.75, 3.05) is 0 Å². The van der Waals surface area contributed by atoms with E-state index in [2.05, 4.69) is 4.99 Å². The lowest BCUT2D eigenvalue weighted by atomic mass is 10.1. The number of hydrogen-bond acceptors (Lipinski definition) is 2. The van der Waals surface area contributed by atoms with Gasteiger partial charge in [-0.05, 0) is 37.1 Å². The second kappa shape index (κ2) is 6.44. The summed E-state index contributed by atoms with van der Waals surface area (Å²) in [5, 5.41) is 0. The standard InChI is InChI=1S/C18H20N2O/c19-18(14-7-4-5-8-14)20-15-9-6-12-17(13-15)21-16-10-2-1-3-11-16/h1-3,6,9-14H,4-5,7-8H2,(H2,19,20). The minimum absolute atomic E-state index is 0.448. The molecule has 0 spiro atoms. The Kier molecular flexibility index (Phi) is 4.20. The van der Waals surface area contributed by atoms with Gasteiger partial charge in [-0.3, -0.25) is 0 Å². The first-order chi connectivity index (χ1) is 10.3. The van der Waals surface area contributed by atoms with Crippen LogP contribution >= 0.6 is 0 Å². The zero-order valence-electron chi connectivity index (χ0n) is 12.0. The zero-order valence-corrected chi connectivity index (χ0v) is 12.0. The summed E-state index contributed by atoms with van der Waals surface area (Å²) in [6.07, 6.45) is 4.85. The monoisotopic (exact) mass is 280 g/mol. The van der Waals surface area contributed by atoms with E-state index in [1.165, 1.54) is 12.8 Å². The molecule has 0 unspecified atom stereocenters. The first-order valence-electron chi connectivity index (χ1n) is 7.48.